The molecule has 1 aliphatic carbocycles. The highest BCUT2D eigenvalue weighted by Gasteiger charge is 2.43. The molecule has 0 N–H and O–H groups in total. The van der Waals surface area contributed by atoms with Crippen LogP contribution in [0.3, 0.4) is 0 Å². The minimum absolute atomic E-state index is 0.0773. The Morgan fingerprint density at radius 3 is 2.47 bits per heavy atom. The molecule has 78 valence electrons. The summed E-state index contributed by atoms with van der Waals surface area (Å²) in [5.41, 5.74) is 2.58. The summed E-state index contributed by atoms with van der Waals surface area (Å²) >= 11 is 0. The predicted octanol–water partition coefficient (Wildman–Crippen LogP) is 3.79. The van der Waals surface area contributed by atoms with E-state index in [1.54, 1.807) is 0 Å². The summed E-state index contributed by atoms with van der Waals surface area (Å²) in [6.07, 6.45) is 3.35. The van der Waals surface area contributed by atoms with Gasteiger partial charge in [0.25, 0.3) is 0 Å². The van der Waals surface area contributed by atoms with Gasteiger partial charge >= 0.3 is 0 Å². The highest BCUT2D eigenvalue weighted by atomic mass is 14.5. The third kappa shape index (κ3) is 1.55. The summed E-state index contributed by atoms with van der Waals surface area (Å²) in [5, 5.41) is 9.31. The number of benzene rings is 1. The first-order valence-corrected chi connectivity index (χ1v) is 5.66. The fourth-order valence-corrected chi connectivity index (χ4v) is 2.57. The Balaban J connectivity index is 2.32. The molecule has 15 heavy (non-hydrogen) atoms. The molecule has 1 aromatic carbocycles. The third-order valence-corrected chi connectivity index (χ3v) is 3.95. The lowest BCUT2D eigenvalue weighted by Gasteiger charge is -2.41. The summed E-state index contributed by atoms with van der Waals surface area (Å²) in [6.45, 7) is 4.33. The van der Waals surface area contributed by atoms with Gasteiger partial charge < -0.3 is 0 Å². The zero-order chi connectivity index (χ0) is 10.9. The van der Waals surface area contributed by atoms with E-state index < -0.39 is 0 Å². The first-order chi connectivity index (χ1) is 7.19. The number of aryl methyl sites for hydroxylation is 1. The topological polar surface area (TPSA) is 23.8 Å². The van der Waals surface area contributed by atoms with Gasteiger partial charge in [-0.05, 0) is 36.8 Å². The van der Waals surface area contributed by atoms with Crippen molar-refractivity contribution in [3.8, 4) is 6.07 Å². The minimum Gasteiger partial charge on any atom is -0.198 e. The Labute approximate surface area is 91.7 Å². The molecule has 1 heteroatoms. The van der Waals surface area contributed by atoms with Crippen LogP contribution in [-0.2, 0) is 0 Å². The van der Waals surface area contributed by atoms with Gasteiger partial charge in [0.05, 0.1) is 11.5 Å². The first kappa shape index (κ1) is 10.2. The van der Waals surface area contributed by atoms with Crippen molar-refractivity contribution in [2.24, 2.45) is 5.41 Å². The van der Waals surface area contributed by atoms with Crippen molar-refractivity contribution in [2.75, 3.05) is 0 Å². The minimum atomic E-state index is -0.0773. The van der Waals surface area contributed by atoms with Gasteiger partial charge in [-0.1, -0.05) is 37.6 Å². The van der Waals surface area contributed by atoms with Gasteiger partial charge in [-0.3, -0.25) is 0 Å². The molecule has 0 saturated heterocycles. The number of hydrogen-bond donors (Lipinski definition) is 0. The molecule has 0 radical (unpaired) electrons. The fourth-order valence-electron chi connectivity index (χ4n) is 2.57. The largest absolute Gasteiger partial charge is 0.198 e. The quantitative estimate of drug-likeness (QED) is 0.710. The Kier molecular flexibility index (Phi) is 2.52. The van der Waals surface area contributed by atoms with E-state index >= 15 is 0 Å². The van der Waals surface area contributed by atoms with E-state index in [4.69, 9.17) is 0 Å². The Hall–Kier alpha value is -1.29. The number of rotatable bonds is 2. The van der Waals surface area contributed by atoms with Gasteiger partial charge in [0.1, 0.15) is 0 Å². The molecule has 0 amide bonds. The van der Waals surface area contributed by atoms with Crippen LogP contribution >= 0.6 is 0 Å². The number of nitriles is 1. The monoisotopic (exact) mass is 199 g/mol. The molecule has 1 saturated carbocycles. The second kappa shape index (κ2) is 3.70. The van der Waals surface area contributed by atoms with Crippen molar-refractivity contribution in [1.82, 2.24) is 0 Å². The van der Waals surface area contributed by atoms with Crippen LogP contribution in [0, 0.1) is 23.7 Å². The summed E-state index contributed by atoms with van der Waals surface area (Å²) in [6, 6.07) is 11.0. The second-order valence-corrected chi connectivity index (χ2v) is 4.70. The van der Waals surface area contributed by atoms with E-state index in [0.717, 1.165) is 12.8 Å². The van der Waals surface area contributed by atoms with E-state index in [1.807, 2.05) is 0 Å². The summed E-state index contributed by atoms with van der Waals surface area (Å²) in [7, 11) is 0. The van der Waals surface area contributed by atoms with Crippen molar-refractivity contribution in [1.29, 1.82) is 5.26 Å². The Morgan fingerprint density at radius 1 is 1.33 bits per heavy atom. The molecule has 0 bridgehead atoms. The van der Waals surface area contributed by atoms with Crippen molar-refractivity contribution in [3.63, 3.8) is 0 Å². The lowest BCUT2D eigenvalue weighted by atomic mass is 9.60. The Morgan fingerprint density at radius 2 is 2.00 bits per heavy atom. The van der Waals surface area contributed by atoms with Crippen molar-refractivity contribution in [3.05, 3.63) is 35.4 Å². The standard InChI is InChI=1S/C14H17N/c1-11-6-3-4-7-13(11)12(2)14(10-15)8-5-9-14/h3-4,6-7,12H,5,8-9H2,1-2H3. The van der Waals surface area contributed by atoms with Crippen LogP contribution in [0.25, 0.3) is 0 Å². The van der Waals surface area contributed by atoms with Crippen LogP contribution in [0.1, 0.15) is 43.2 Å². The smallest absolute Gasteiger partial charge is 0.0696 e. The Bertz CT molecular complexity index is 396. The van der Waals surface area contributed by atoms with Gasteiger partial charge in [0, 0.05) is 0 Å². The maximum Gasteiger partial charge on any atom is 0.0696 e. The van der Waals surface area contributed by atoms with E-state index in [2.05, 4.69) is 44.2 Å². The molecule has 2 rings (SSSR count). The molecule has 1 aliphatic rings. The summed E-state index contributed by atoms with van der Waals surface area (Å²) in [5.74, 6) is 0.373. The molecule has 0 spiro atoms. The van der Waals surface area contributed by atoms with Crippen LogP contribution in [0.15, 0.2) is 24.3 Å². The lowest BCUT2D eigenvalue weighted by molar-refractivity contribution is 0.175. The van der Waals surface area contributed by atoms with Crippen LogP contribution in [-0.4, -0.2) is 0 Å². The molecular formula is C14H17N. The van der Waals surface area contributed by atoms with E-state index in [-0.39, 0.29) is 5.41 Å². The highest BCUT2D eigenvalue weighted by molar-refractivity contribution is 5.33. The van der Waals surface area contributed by atoms with Gasteiger partial charge in [-0.2, -0.15) is 5.26 Å². The molecule has 1 fully saturated rings. The molecule has 1 unspecified atom stereocenters. The molecule has 1 atom stereocenters. The molecule has 0 heterocycles. The van der Waals surface area contributed by atoms with Crippen molar-refractivity contribution < 1.29 is 0 Å². The van der Waals surface area contributed by atoms with E-state index in [0.29, 0.717) is 5.92 Å². The molecule has 0 aliphatic heterocycles. The predicted molar refractivity (Wildman–Crippen MR) is 61.5 cm³/mol. The lowest BCUT2D eigenvalue weighted by Crippen LogP contribution is -2.33. The van der Waals surface area contributed by atoms with Gasteiger partial charge in [0.15, 0.2) is 0 Å². The zero-order valence-electron chi connectivity index (χ0n) is 9.46. The SMILES string of the molecule is Cc1ccccc1C(C)C1(C#N)CCC1. The molecule has 1 nitrogen and oxygen atoms in total. The fraction of sp³-hybridized carbons (Fsp3) is 0.500. The molecule has 0 aromatic heterocycles. The van der Waals surface area contributed by atoms with E-state index in [9.17, 15) is 5.26 Å². The van der Waals surface area contributed by atoms with Crippen molar-refractivity contribution in [2.45, 2.75) is 39.0 Å². The maximum absolute atomic E-state index is 9.31. The number of hydrogen-bond acceptors (Lipinski definition) is 1. The van der Waals surface area contributed by atoms with E-state index in [1.165, 1.54) is 17.5 Å². The molecule has 1 aromatic rings. The summed E-state index contributed by atoms with van der Waals surface area (Å²) in [4.78, 5) is 0. The van der Waals surface area contributed by atoms with Crippen molar-refractivity contribution >= 4 is 0 Å². The third-order valence-electron chi connectivity index (χ3n) is 3.95. The molecular weight excluding hydrogens is 182 g/mol. The normalized spacial score (nSPS) is 20.1. The highest BCUT2D eigenvalue weighted by Crippen LogP contribution is 2.51. The maximum atomic E-state index is 9.31. The van der Waals surface area contributed by atoms with Gasteiger partial charge in [-0.15, -0.1) is 0 Å². The second-order valence-electron chi connectivity index (χ2n) is 4.70. The average molecular weight is 199 g/mol. The van der Waals surface area contributed by atoms with Crippen LogP contribution < -0.4 is 0 Å². The first-order valence-electron chi connectivity index (χ1n) is 5.66. The zero-order valence-corrected chi connectivity index (χ0v) is 9.46. The average Bonchev–Trinajstić information content (AvgIpc) is 2.17. The van der Waals surface area contributed by atoms with Crippen LogP contribution in [0.5, 0.6) is 0 Å². The van der Waals surface area contributed by atoms with Gasteiger partial charge in [0.2, 0.25) is 0 Å². The van der Waals surface area contributed by atoms with Crippen LogP contribution in [0.2, 0.25) is 0 Å². The number of nitrogens with zero attached hydrogens (tertiary/aromatic N) is 1. The van der Waals surface area contributed by atoms with Gasteiger partial charge in [-0.25, -0.2) is 0 Å². The van der Waals surface area contributed by atoms with Crippen LogP contribution in [0.4, 0.5) is 0 Å². The summed E-state index contributed by atoms with van der Waals surface area (Å²) < 4.78 is 0.